The zero-order chi connectivity index (χ0) is 18.4. The fourth-order valence-corrected chi connectivity index (χ4v) is 3.64. The first-order valence-electron chi connectivity index (χ1n) is 8.86. The van der Waals surface area contributed by atoms with Crippen molar-refractivity contribution >= 4 is 17.7 Å². The highest BCUT2D eigenvalue weighted by atomic mass is 16.2. The molecule has 4 rings (SSSR count). The molecule has 0 spiro atoms. The Morgan fingerprint density at radius 3 is 2.46 bits per heavy atom. The molecule has 3 amide bonds. The Morgan fingerprint density at radius 2 is 1.81 bits per heavy atom. The van der Waals surface area contributed by atoms with Gasteiger partial charge in [-0.3, -0.25) is 14.5 Å². The number of Topliss-reactive ketones (excluding diaryl/α,β-unsaturated/α-hetero) is 1. The van der Waals surface area contributed by atoms with Gasteiger partial charge in [-0.1, -0.05) is 18.2 Å². The van der Waals surface area contributed by atoms with Crippen molar-refractivity contribution in [3.63, 3.8) is 0 Å². The van der Waals surface area contributed by atoms with Gasteiger partial charge >= 0.3 is 6.03 Å². The molecule has 134 valence electrons. The normalized spacial score (nSPS) is 17.3. The number of urea groups is 1. The van der Waals surface area contributed by atoms with Crippen molar-refractivity contribution < 1.29 is 14.4 Å². The first-order chi connectivity index (χ1) is 12.5. The number of hydrogen-bond donors (Lipinski definition) is 0. The molecular weight excluding hydrogens is 330 g/mol. The standard InChI is InChI=1S/C20H21N3O3/c1-13-10-17(14(2)23(13)16-6-4-3-5-7-16)18(24)11-22-19(25)12-21(20(22)26)15-8-9-15/h3-7,10,15H,8-9,11-12H2,1-2H3. The van der Waals surface area contributed by atoms with Crippen LogP contribution in [0.5, 0.6) is 0 Å². The van der Waals surface area contributed by atoms with E-state index < -0.39 is 0 Å². The van der Waals surface area contributed by atoms with Crippen LogP contribution in [0.3, 0.4) is 0 Å². The van der Waals surface area contributed by atoms with Crippen LogP contribution in [0.15, 0.2) is 36.4 Å². The summed E-state index contributed by atoms with van der Waals surface area (Å²) in [5, 5.41) is 0. The van der Waals surface area contributed by atoms with E-state index in [1.165, 1.54) is 0 Å². The number of aromatic nitrogens is 1. The Labute approximate surface area is 152 Å². The summed E-state index contributed by atoms with van der Waals surface area (Å²) in [5.41, 5.74) is 3.29. The van der Waals surface area contributed by atoms with E-state index in [2.05, 4.69) is 0 Å². The van der Waals surface area contributed by atoms with Crippen molar-refractivity contribution in [3.8, 4) is 5.69 Å². The molecule has 1 saturated carbocycles. The third kappa shape index (κ3) is 2.71. The van der Waals surface area contributed by atoms with Crippen molar-refractivity contribution in [2.45, 2.75) is 32.7 Å². The summed E-state index contributed by atoms with van der Waals surface area (Å²) in [5.74, 6) is -0.494. The lowest BCUT2D eigenvalue weighted by Crippen LogP contribution is -2.37. The molecule has 2 aliphatic rings. The number of benzene rings is 1. The third-order valence-electron chi connectivity index (χ3n) is 5.12. The van der Waals surface area contributed by atoms with E-state index in [1.54, 1.807) is 4.90 Å². The molecule has 0 radical (unpaired) electrons. The second kappa shape index (κ2) is 6.12. The molecule has 0 atom stereocenters. The van der Waals surface area contributed by atoms with Gasteiger partial charge in [0.15, 0.2) is 5.78 Å². The van der Waals surface area contributed by atoms with Gasteiger partial charge in [-0.05, 0) is 44.9 Å². The molecule has 1 aliphatic carbocycles. The Hall–Kier alpha value is -2.89. The maximum atomic E-state index is 12.8. The van der Waals surface area contributed by atoms with Gasteiger partial charge in [0.2, 0.25) is 0 Å². The molecule has 6 nitrogen and oxygen atoms in total. The summed E-state index contributed by atoms with van der Waals surface area (Å²) in [6.07, 6.45) is 1.89. The number of carbonyl (C=O) groups is 3. The molecule has 2 aromatic rings. The van der Waals surface area contributed by atoms with Crippen LogP contribution in [-0.4, -0.2) is 51.2 Å². The molecule has 6 heteroatoms. The van der Waals surface area contributed by atoms with Gasteiger partial charge in [0.25, 0.3) is 5.91 Å². The fraction of sp³-hybridized carbons (Fsp3) is 0.350. The minimum atomic E-state index is -0.331. The van der Waals surface area contributed by atoms with E-state index >= 15 is 0 Å². The van der Waals surface area contributed by atoms with E-state index in [1.807, 2.05) is 54.8 Å². The fourth-order valence-electron chi connectivity index (χ4n) is 3.64. The molecule has 1 aromatic carbocycles. The summed E-state index contributed by atoms with van der Waals surface area (Å²) in [4.78, 5) is 40.1. The molecule has 0 N–H and O–H groups in total. The van der Waals surface area contributed by atoms with Crippen molar-refractivity contribution in [2.24, 2.45) is 0 Å². The lowest BCUT2D eigenvalue weighted by atomic mass is 10.1. The summed E-state index contributed by atoms with van der Waals surface area (Å²) in [7, 11) is 0. The number of hydrogen-bond acceptors (Lipinski definition) is 3. The van der Waals surface area contributed by atoms with Crippen molar-refractivity contribution in [1.29, 1.82) is 0 Å². The minimum absolute atomic E-state index is 0.0970. The molecule has 1 aromatic heterocycles. The molecule has 1 saturated heterocycles. The van der Waals surface area contributed by atoms with Gasteiger partial charge in [-0.25, -0.2) is 4.79 Å². The summed E-state index contributed by atoms with van der Waals surface area (Å²) in [6, 6.07) is 11.5. The van der Waals surface area contributed by atoms with Gasteiger partial charge < -0.3 is 9.47 Å². The predicted octanol–water partition coefficient (Wildman–Crippen LogP) is 2.70. The quantitative estimate of drug-likeness (QED) is 0.615. The van der Waals surface area contributed by atoms with Gasteiger partial charge in [-0.2, -0.15) is 0 Å². The average molecular weight is 351 g/mol. The average Bonchev–Trinajstić information content (AvgIpc) is 3.37. The second-order valence-corrected chi connectivity index (χ2v) is 7.00. The van der Waals surface area contributed by atoms with Crippen LogP contribution < -0.4 is 0 Å². The lowest BCUT2D eigenvalue weighted by molar-refractivity contribution is -0.125. The zero-order valence-corrected chi connectivity index (χ0v) is 14.9. The highest BCUT2D eigenvalue weighted by molar-refractivity contribution is 6.08. The van der Waals surface area contributed by atoms with Gasteiger partial charge in [0, 0.05) is 28.7 Å². The van der Waals surface area contributed by atoms with Gasteiger partial charge in [0.05, 0.1) is 6.54 Å². The second-order valence-electron chi connectivity index (χ2n) is 7.00. The van der Waals surface area contributed by atoms with Crippen molar-refractivity contribution in [3.05, 3.63) is 53.3 Å². The van der Waals surface area contributed by atoms with Gasteiger partial charge in [0.1, 0.15) is 6.54 Å². The molecule has 0 unspecified atom stereocenters. The molecule has 1 aliphatic heterocycles. The van der Waals surface area contributed by atoms with Crippen LogP contribution in [0, 0.1) is 13.8 Å². The first-order valence-corrected chi connectivity index (χ1v) is 8.86. The zero-order valence-electron chi connectivity index (χ0n) is 14.9. The molecular formula is C20H21N3O3. The van der Waals surface area contributed by atoms with E-state index in [0.29, 0.717) is 5.56 Å². The number of amides is 3. The topological polar surface area (TPSA) is 62.6 Å². The largest absolute Gasteiger partial charge is 0.327 e. The molecule has 2 fully saturated rings. The minimum Gasteiger partial charge on any atom is -0.318 e. The third-order valence-corrected chi connectivity index (χ3v) is 5.12. The smallest absolute Gasteiger partial charge is 0.318 e. The maximum Gasteiger partial charge on any atom is 0.327 e. The van der Waals surface area contributed by atoms with E-state index in [-0.39, 0.29) is 36.9 Å². The highest BCUT2D eigenvalue weighted by Crippen LogP contribution is 2.30. The Bertz CT molecular complexity index is 897. The van der Waals surface area contributed by atoms with Crippen LogP contribution in [0.2, 0.25) is 0 Å². The Morgan fingerprint density at radius 1 is 1.12 bits per heavy atom. The van der Waals surface area contributed by atoms with Crippen LogP contribution in [0.4, 0.5) is 4.79 Å². The lowest BCUT2D eigenvalue weighted by Gasteiger charge is -2.16. The molecule has 0 bridgehead atoms. The Kier molecular flexibility index (Phi) is 3.90. The summed E-state index contributed by atoms with van der Waals surface area (Å²) in [6.45, 7) is 3.73. The van der Waals surface area contributed by atoms with Crippen LogP contribution in [0.25, 0.3) is 5.69 Å². The number of nitrogens with zero attached hydrogens (tertiary/aromatic N) is 3. The highest BCUT2D eigenvalue weighted by Gasteiger charge is 2.44. The van der Waals surface area contributed by atoms with Crippen molar-refractivity contribution in [1.82, 2.24) is 14.4 Å². The predicted molar refractivity (Wildman–Crippen MR) is 96.4 cm³/mol. The monoisotopic (exact) mass is 351 g/mol. The number of aryl methyl sites for hydroxylation is 1. The van der Waals surface area contributed by atoms with Crippen LogP contribution >= 0.6 is 0 Å². The molecule has 2 heterocycles. The van der Waals surface area contributed by atoms with E-state index in [0.717, 1.165) is 34.8 Å². The van der Waals surface area contributed by atoms with Gasteiger partial charge in [-0.15, -0.1) is 0 Å². The van der Waals surface area contributed by atoms with E-state index in [9.17, 15) is 14.4 Å². The first kappa shape index (κ1) is 16.6. The van der Waals surface area contributed by atoms with Crippen molar-refractivity contribution in [2.75, 3.05) is 13.1 Å². The number of para-hydroxylation sites is 1. The number of ketones is 1. The number of rotatable bonds is 5. The Balaban J connectivity index is 1.58. The number of imide groups is 1. The number of carbonyl (C=O) groups excluding carboxylic acids is 3. The van der Waals surface area contributed by atoms with Crippen LogP contribution in [-0.2, 0) is 4.79 Å². The molecule has 26 heavy (non-hydrogen) atoms. The SMILES string of the molecule is Cc1cc(C(=O)CN2C(=O)CN(C3CC3)C2=O)c(C)n1-c1ccccc1. The van der Waals surface area contributed by atoms with Crippen LogP contribution in [0.1, 0.15) is 34.6 Å². The van der Waals surface area contributed by atoms with E-state index in [4.69, 9.17) is 0 Å². The maximum absolute atomic E-state index is 12.8. The summed E-state index contributed by atoms with van der Waals surface area (Å²) < 4.78 is 2.01. The summed E-state index contributed by atoms with van der Waals surface area (Å²) >= 11 is 0.